The Morgan fingerprint density at radius 2 is 2.26 bits per heavy atom. The van der Waals surface area contributed by atoms with Crippen LogP contribution in [0.15, 0.2) is 17.5 Å². The Morgan fingerprint density at radius 3 is 2.87 bits per heavy atom. The van der Waals surface area contributed by atoms with Crippen molar-refractivity contribution >= 4 is 23.2 Å². The first-order valence-corrected chi connectivity index (χ1v) is 8.12. The highest BCUT2D eigenvalue weighted by molar-refractivity contribution is 7.13. The third-order valence-electron chi connectivity index (χ3n) is 3.46. The summed E-state index contributed by atoms with van der Waals surface area (Å²) in [5.74, 6) is -0.384. The van der Waals surface area contributed by atoms with Gasteiger partial charge in [-0.25, -0.2) is 4.79 Å². The van der Waals surface area contributed by atoms with Crippen LogP contribution in [-0.2, 0) is 20.9 Å². The molecule has 0 saturated heterocycles. The van der Waals surface area contributed by atoms with Gasteiger partial charge >= 0.3 is 5.97 Å². The molecule has 0 aliphatic carbocycles. The highest BCUT2D eigenvalue weighted by atomic mass is 32.1. The summed E-state index contributed by atoms with van der Waals surface area (Å²) in [6, 6.07) is 3.08. The van der Waals surface area contributed by atoms with Crippen molar-refractivity contribution in [2.24, 2.45) is 5.92 Å². The van der Waals surface area contributed by atoms with Gasteiger partial charge in [0.15, 0.2) is 0 Å². The number of amides is 1. The molecule has 124 valence electrons. The Labute approximate surface area is 137 Å². The molecule has 2 atom stereocenters. The van der Waals surface area contributed by atoms with Gasteiger partial charge in [-0.15, -0.1) is 21.5 Å². The molecule has 2 rings (SSSR count). The normalized spacial score (nSPS) is 13.3. The van der Waals surface area contributed by atoms with E-state index in [1.807, 2.05) is 31.4 Å². The third-order valence-corrected chi connectivity index (χ3v) is 4.33. The number of rotatable bonds is 7. The van der Waals surface area contributed by atoms with Crippen LogP contribution in [0.3, 0.4) is 0 Å². The predicted molar refractivity (Wildman–Crippen MR) is 84.5 cm³/mol. The smallest absolute Gasteiger partial charge is 0.328 e. The molecule has 0 unspecified atom stereocenters. The van der Waals surface area contributed by atoms with Crippen LogP contribution < -0.4 is 5.32 Å². The van der Waals surface area contributed by atoms with Crippen LogP contribution in [0.5, 0.6) is 0 Å². The summed E-state index contributed by atoms with van der Waals surface area (Å²) in [7, 11) is 1.30. The first kappa shape index (κ1) is 17.1. The molecule has 2 aromatic heterocycles. The van der Waals surface area contributed by atoms with E-state index < -0.39 is 12.0 Å². The number of ether oxygens (including phenoxy) is 1. The van der Waals surface area contributed by atoms with Crippen LogP contribution >= 0.6 is 11.3 Å². The summed E-state index contributed by atoms with van der Waals surface area (Å²) < 4.78 is 4.74. The Bertz CT molecular complexity index is 655. The molecule has 0 radical (unpaired) electrons. The lowest BCUT2D eigenvalue weighted by Gasteiger charge is -2.21. The number of carbonyl (C=O) groups excluding carboxylic acids is 2. The fraction of sp³-hybridized carbons (Fsp3) is 0.500. The van der Waals surface area contributed by atoms with Crippen LogP contribution in [-0.4, -0.2) is 45.2 Å². The molecule has 0 aliphatic rings. The monoisotopic (exact) mass is 337 g/mol. The Kier molecular flexibility index (Phi) is 5.80. The molecule has 1 N–H and O–H groups in total. The number of tetrazole rings is 1. The summed E-state index contributed by atoms with van der Waals surface area (Å²) in [6.45, 7) is 3.71. The van der Waals surface area contributed by atoms with Gasteiger partial charge in [0.2, 0.25) is 11.7 Å². The lowest BCUT2D eigenvalue weighted by molar-refractivity contribution is -0.146. The number of thiophene rings is 1. The maximum atomic E-state index is 12.1. The van der Waals surface area contributed by atoms with E-state index in [-0.39, 0.29) is 18.4 Å². The van der Waals surface area contributed by atoms with E-state index in [2.05, 4.69) is 20.7 Å². The van der Waals surface area contributed by atoms with E-state index >= 15 is 0 Å². The topological polar surface area (TPSA) is 99.0 Å². The van der Waals surface area contributed by atoms with Gasteiger partial charge in [0.1, 0.15) is 12.6 Å². The summed E-state index contributed by atoms with van der Waals surface area (Å²) >= 11 is 1.49. The first-order valence-electron chi connectivity index (χ1n) is 7.24. The molecule has 2 aromatic rings. The number of carbonyl (C=O) groups is 2. The van der Waals surface area contributed by atoms with Crippen molar-refractivity contribution in [1.29, 1.82) is 0 Å². The second-order valence-electron chi connectivity index (χ2n) is 5.07. The number of hydrogen-bond acceptors (Lipinski definition) is 7. The molecule has 9 heteroatoms. The maximum Gasteiger partial charge on any atom is 0.328 e. The average Bonchev–Trinajstić information content (AvgIpc) is 3.22. The van der Waals surface area contributed by atoms with E-state index in [0.717, 1.165) is 11.3 Å². The number of methoxy groups -OCH3 is 1. The van der Waals surface area contributed by atoms with Gasteiger partial charge in [-0.1, -0.05) is 26.3 Å². The predicted octanol–water partition coefficient (Wildman–Crippen LogP) is 1.11. The largest absolute Gasteiger partial charge is 0.467 e. The summed E-state index contributed by atoms with van der Waals surface area (Å²) in [4.78, 5) is 26.0. The highest BCUT2D eigenvalue weighted by Crippen LogP contribution is 2.19. The van der Waals surface area contributed by atoms with Crippen molar-refractivity contribution in [3.05, 3.63) is 17.5 Å². The highest BCUT2D eigenvalue weighted by Gasteiger charge is 2.26. The van der Waals surface area contributed by atoms with E-state index in [1.165, 1.54) is 23.2 Å². The molecule has 0 saturated carbocycles. The van der Waals surface area contributed by atoms with E-state index in [1.54, 1.807) is 0 Å². The second kappa shape index (κ2) is 7.82. The van der Waals surface area contributed by atoms with E-state index in [4.69, 9.17) is 4.74 Å². The van der Waals surface area contributed by atoms with Crippen LogP contribution in [0.4, 0.5) is 0 Å². The van der Waals surface area contributed by atoms with E-state index in [9.17, 15) is 9.59 Å². The zero-order valence-corrected chi connectivity index (χ0v) is 14.0. The second-order valence-corrected chi connectivity index (χ2v) is 6.02. The Morgan fingerprint density at radius 1 is 1.48 bits per heavy atom. The van der Waals surface area contributed by atoms with Crippen LogP contribution in [0.1, 0.15) is 20.3 Å². The molecule has 1 amide bonds. The van der Waals surface area contributed by atoms with Gasteiger partial charge in [0, 0.05) is 0 Å². The minimum Gasteiger partial charge on any atom is -0.467 e. The van der Waals surface area contributed by atoms with Gasteiger partial charge in [0.05, 0.1) is 12.0 Å². The molecule has 8 nitrogen and oxygen atoms in total. The van der Waals surface area contributed by atoms with Crippen molar-refractivity contribution in [3.63, 3.8) is 0 Å². The number of esters is 1. The van der Waals surface area contributed by atoms with E-state index in [0.29, 0.717) is 5.82 Å². The molecule has 0 aromatic carbocycles. The summed E-state index contributed by atoms with van der Waals surface area (Å²) in [6.07, 6.45) is 0.740. The lowest BCUT2D eigenvalue weighted by atomic mass is 9.99. The van der Waals surface area contributed by atoms with Gasteiger partial charge < -0.3 is 10.1 Å². The van der Waals surface area contributed by atoms with Crippen molar-refractivity contribution in [1.82, 2.24) is 25.5 Å². The molecular weight excluding hydrogens is 318 g/mol. The molecule has 2 heterocycles. The van der Waals surface area contributed by atoms with Crippen LogP contribution in [0.2, 0.25) is 0 Å². The van der Waals surface area contributed by atoms with Crippen LogP contribution in [0, 0.1) is 5.92 Å². The zero-order chi connectivity index (χ0) is 16.8. The molecule has 0 aliphatic heterocycles. The average molecular weight is 337 g/mol. The quantitative estimate of drug-likeness (QED) is 0.760. The zero-order valence-electron chi connectivity index (χ0n) is 13.2. The third kappa shape index (κ3) is 4.35. The molecule has 23 heavy (non-hydrogen) atoms. The first-order chi connectivity index (χ1) is 11.0. The van der Waals surface area contributed by atoms with Crippen molar-refractivity contribution in [3.8, 4) is 10.7 Å². The minimum absolute atomic E-state index is 0.0308. The number of hydrogen-bond donors (Lipinski definition) is 1. The fourth-order valence-corrected chi connectivity index (χ4v) is 2.61. The minimum atomic E-state index is -0.683. The standard InChI is InChI=1S/C14H19N5O3S/c1-4-9(2)12(14(21)22-3)15-11(20)8-19-17-13(16-18-19)10-6-5-7-23-10/h5-7,9,12H,4,8H2,1-3H3,(H,15,20)/t9-,12+/m1/s1. The Balaban J connectivity index is 1.99. The fourth-order valence-electron chi connectivity index (χ4n) is 1.96. The molecule has 0 bridgehead atoms. The SMILES string of the molecule is CC[C@@H](C)[C@H](NC(=O)Cn1nnc(-c2cccs2)n1)C(=O)OC. The number of aromatic nitrogens is 4. The maximum absolute atomic E-state index is 12.1. The van der Waals surface area contributed by atoms with Gasteiger partial charge in [0.25, 0.3) is 0 Å². The van der Waals surface area contributed by atoms with Crippen LogP contribution in [0.25, 0.3) is 10.7 Å². The van der Waals surface area contributed by atoms with Crippen molar-refractivity contribution < 1.29 is 14.3 Å². The molecule has 0 fully saturated rings. The van der Waals surface area contributed by atoms with Crippen molar-refractivity contribution in [2.75, 3.05) is 7.11 Å². The van der Waals surface area contributed by atoms with Gasteiger partial charge in [-0.3, -0.25) is 4.79 Å². The van der Waals surface area contributed by atoms with Gasteiger partial charge in [-0.05, 0) is 22.6 Å². The summed E-state index contributed by atoms with van der Waals surface area (Å²) in [5.41, 5.74) is 0. The number of nitrogens with zero attached hydrogens (tertiary/aromatic N) is 4. The van der Waals surface area contributed by atoms with Gasteiger partial charge in [-0.2, -0.15) is 4.80 Å². The number of nitrogens with one attached hydrogen (secondary N) is 1. The molecule has 0 spiro atoms. The molecular formula is C14H19N5O3S. The summed E-state index contributed by atoms with van der Waals surface area (Å²) in [5, 5.41) is 16.5. The van der Waals surface area contributed by atoms with Crippen molar-refractivity contribution in [2.45, 2.75) is 32.9 Å². The Hall–Kier alpha value is -2.29. The lowest BCUT2D eigenvalue weighted by Crippen LogP contribution is -2.46.